The SMILES string of the molecule is CNCCN(C)S(=O)(=O)c1ccc2c(c1)CC(=O)N2C. The minimum Gasteiger partial charge on any atom is -0.318 e. The summed E-state index contributed by atoms with van der Waals surface area (Å²) in [6.45, 7) is 0.983. The normalized spacial score (nSPS) is 15.0. The molecule has 7 heteroatoms. The molecule has 0 atom stereocenters. The summed E-state index contributed by atoms with van der Waals surface area (Å²) >= 11 is 0. The number of carbonyl (C=O) groups is 1. The average molecular weight is 297 g/mol. The van der Waals surface area contributed by atoms with E-state index in [2.05, 4.69) is 5.32 Å². The summed E-state index contributed by atoms with van der Waals surface area (Å²) in [5.41, 5.74) is 1.55. The minimum atomic E-state index is -3.50. The predicted octanol–water partition coefficient (Wildman–Crippen LogP) is 0.0454. The van der Waals surface area contributed by atoms with Crippen molar-refractivity contribution in [2.75, 3.05) is 39.1 Å². The first-order valence-corrected chi connectivity index (χ1v) is 7.82. The number of nitrogens with one attached hydrogen (secondary N) is 1. The summed E-state index contributed by atoms with van der Waals surface area (Å²) in [6, 6.07) is 4.85. The van der Waals surface area contributed by atoms with Gasteiger partial charge in [-0.25, -0.2) is 8.42 Å². The number of fused-ring (bicyclic) bond motifs is 1. The molecule has 0 unspecified atom stereocenters. The van der Waals surface area contributed by atoms with Crippen LogP contribution in [0.3, 0.4) is 0 Å². The van der Waals surface area contributed by atoms with Gasteiger partial charge < -0.3 is 10.2 Å². The van der Waals surface area contributed by atoms with Crippen molar-refractivity contribution in [2.45, 2.75) is 11.3 Å². The lowest BCUT2D eigenvalue weighted by molar-refractivity contribution is -0.117. The average Bonchev–Trinajstić information content (AvgIpc) is 2.70. The van der Waals surface area contributed by atoms with Gasteiger partial charge in [-0.15, -0.1) is 0 Å². The van der Waals surface area contributed by atoms with Crippen LogP contribution in [0.4, 0.5) is 5.69 Å². The summed E-state index contributed by atoms with van der Waals surface area (Å²) in [4.78, 5) is 13.4. The molecule has 0 saturated heterocycles. The fourth-order valence-corrected chi connectivity index (χ4v) is 3.40. The minimum absolute atomic E-state index is 0.0157. The molecule has 0 bridgehead atoms. The summed E-state index contributed by atoms with van der Waals surface area (Å²) in [5.74, 6) is -0.0157. The number of hydrogen-bond donors (Lipinski definition) is 1. The molecule has 0 spiro atoms. The third-order valence-electron chi connectivity index (χ3n) is 3.51. The molecule has 1 heterocycles. The predicted molar refractivity (Wildman–Crippen MR) is 77.3 cm³/mol. The molecule has 1 aromatic carbocycles. The van der Waals surface area contributed by atoms with Crippen LogP contribution in [0.25, 0.3) is 0 Å². The molecular formula is C13H19N3O3S. The van der Waals surface area contributed by atoms with Crippen molar-refractivity contribution in [3.8, 4) is 0 Å². The second kappa shape index (κ2) is 5.51. The van der Waals surface area contributed by atoms with Gasteiger partial charge in [0.05, 0.1) is 11.3 Å². The number of carbonyl (C=O) groups excluding carboxylic acids is 1. The molecule has 1 amide bonds. The van der Waals surface area contributed by atoms with E-state index >= 15 is 0 Å². The third kappa shape index (κ3) is 2.56. The maximum Gasteiger partial charge on any atom is 0.242 e. The number of rotatable bonds is 5. The quantitative estimate of drug-likeness (QED) is 0.833. The maximum absolute atomic E-state index is 12.4. The van der Waals surface area contributed by atoms with Gasteiger partial charge in [0.15, 0.2) is 0 Å². The molecule has 6 nitrogen and oxygen atoms in total. The number of benzene rings is 1. The topological polar surface area (TPSA) is 69.7 Å². The van der Waals surface area contributed by atoms with Crippen LogP contribution in [0, 0.1) is 0 Å². The van der Waals surface area contributed by atoms with E-state index < -0.39 is 10.0 Å². The number of nitrogens with zero attached hydrogens (tertiary/aromatic N) is 2. The Kier molecular flexibility index (Phi) is 4.12. The van der Waals surface area contributed by atoms with Gasteiger partial charge in [0.25, 0.3) is 0 Å². The lowest BCUT2D eigenvalue weighted by Crippen LogP contribution is -2.32. The van der Waals surface area contributed by atoms with E-state index in [1.165, 1.54) is 4.31 Å². The van der Waals surface area contributed by atoms with E-state index in [1.807, 2.05) is 0 Å². The zero-order chi connectivity index (χ0) is 14.9. The van der Waals surface area contributed by atoms with E-state index in [9.17, 15) is 13.2 Å². The van der Waals surface area contributed by atoms with Crippen molar-refractivity contribution in [2.24, 2.45) is 0 Å². The molecule has 0 aromatic heterocycles. The Hall–Kier alpha value is -1.44. The lowest BCUT2D eigenvalue weighted by atomic mass is 10.2. The third-order valence-corrected chi connectivity index (χ3v) is 5.37. The van der Waals surface area contributed by atoms with Crippen LogP contribution in [0.1, 0.15) is 5.56 Å². The van der Waals surface area contributed by atoms with Crippen molar-refractivity contribution in [3.05, 3.63) is 23.8 Å². The van der Waals surface area contributed by atoms with Gasteiger partial charge in [0.2, 0.25) is 15.9 Å². The maximum atomic E-state index is 12.4. The number of hydrogen-bond acceptors (Lipinski definition) is 4. The molecule has 0 fully saturated rings. The fourth-order valence-electron chi connectivity index (χ4n) is 2.18. The van der Waals surface area contributed by atoms with Crippen LogP contribution in [0.2, 0.25) is 0 Å². The summed E-state index contributed by atoms with van der Waals surface area (Å²) in [6.07, 6.45) is 0.259. The van der Waals surface area contributed by atoms with Crippen LogP contribution >= 0.6 is 0 Å². The van der Waals surface area contributed by atoms with E-state index in [1.54, 1.807) is 44.2 Å². The van der Waals surface area contributed by atoms with Gasteiger partial charge >= 0.3 is 0 Å². The first-order valence-electron chi connectivity index (χ1n) is 6.38. The Morgan fingerprint density at radius 1 is 1.40 bits per heavy atom. The molecule has 110 valence electrons. The van der Waals surface area contributed by atoms with Crippen molar-refractivity contribution < 1.29 is 13.2 Å². The monoisotopic (exact) mass is 297 g/mol. The van der Waals surface area contributed by atoms with Gasteiger partial charge in [-0.3, -0.25) is 4.79 Å². The Balaban J connectivity index is 2.31. The standard InChI is InChI=1S/C13H19N3O3S/c1-14-6-7-15(2)20(18,19)11-4-5-12-10(8-11)9-13(17)16(12)3/h4-5,8,14H,6-7,9H2,1-3H3. The van der Waals surface area contributed by atoms with Crippen LogP contribution in [0.5, 0.6) is 0 Å². The number of amides is 1. The van der Waals surface area contributed by atoms with Gasteiger partial charge in [-0.2, -0.15) is 4.31 Å². The first kappa shape index (κ1) is 15.0. The number of likely N-dealkylation sites (N-methyl/N-ethyl adjacent to an activating group) is 3. The molecule has 0 saturated carbocycles. The molecular weight excluding hydrogens is 278 g/mol. The summed E-state index contributed by atoms with van der Waals surface area (Å²) in [7, 11) is 1.52. The smallest absolute Gasteiger partial charge is 0.242 e. The molecule has 0 aliphatic carbocycles. The second-order valence-electron chi connectivity index (χ2n) is 4.85. The highest BCUT2D eigenvalue weighted by atomic mass is 32.2. The lowest BCUT2D eigenvalue weighted by Gasteiger charge is -2.18. The number of anilines is 1. The van der Waals surface area contributed by atoms with Gasteiger partial charge in [-0.05, 0) is 30.8 Å². The fraction of sp³-hybridized carbons (Fsp3) is 0.462. The van der Waals surface area contributed by atoms with E-state index in [0.717, 1.165) is 11.3 Å². The van der Waals surface area contributed by atoms with Gasteiger partial charge in [0.1, 0.15) is 0 Å². The van der Waals surface area contributed by atoms with Crippen molar-refractivity contribution >= 4 is 21.6 Å². The Labute approximate surface area is 119 Å². The van der Waals surface area contributed by atoms with Crippen molar-refractivity contribution in [3.63, 3.8) is 0 Å². The highest BCUT2D eigenvalue weighted by Gasteiger charge is 2.27. The highest BCUT2D eigenvalue weighted by molar-refractivity contribution is 7.89. The largest absolute Gasteiger partial charge is 0.318 e. The van der Waals surface area contributed by atoms with Crippen molar-refractivity contribution in [1.29, 1.82) is 0 Å². The number of sulfonamides is 1. The molecule has 0 radical (unpaired) electrons. The van der Waals surface area contributed by atoms with Gasteiger partial charge in [-0.1, -0.05) is 0 Å². The van der Waals surface area contributed by atoms with E-state index in [-0.39, 0.29) is 17.2 Å². The summed E-state index contributed by atoms with van der Waals surface area (Å²) < 4.78 is 26.1. The van der Waals surface area contributed by atoms with Crippen molar-refractivity contribution in [1.82, 2.24) is 9.62 Å². The molecule has 1 aliphatic rings. The van der Waals surface area contributed by atoms with Crippen LogP contribution < -0.4 is 10.2 Å². The van der Waals surface area contributed by atoms with Crippen LogP contribution in [0.15, 0.2) is 23.1 Å². The Bertz CT molecular complexity index is 628. The molecule has 1 aromatic rings. The van der Waals surface area contributed by atoms with E-state index in [4.69, 9.17) is 0 Å². The zero-order valence-electron chi connectivity index (χ0n) is 11.9. The molecule has 2 rings (SSSR count). The van der Waals surface area contributed by atoms with Gasteiger partial charge in [0, 0.05) is 32.9 Å². The summed E-state index contributed by atoms with van der Waals surface area (Å²) in [5, 5.41) is 2.92. The first-order chi connectivity index (χ1) is 9.37. The van der Waals surface area contributed by atoms with Crippen LogP contribution in [-0.2, 0) is 21.2 Å². The molecule has 1 aliphatic heterocycles. The molecule has 1 N–H and O–H groups in total. The molecule has 20 heavy (non-hydrogen) atoms. The Morgan fingerprint density at radius 2 is 2.10 bits per heavy atom. The van der Waals surface area contributed by atoms with E-state index in [0.29, 0.717) is 13.1 Å². The highest BCUT2D eigenvalue weighted by Crippen LogP contribution is 2.30. The van der Waals surface area contributed by atoms with Crippen LogP contribution in [-0.4, -0.2) is 52.9 Å². The Morgan fingerprint density at radius 3 is 2.75 bits per heavy atom. The second-order valence-corrected chi connectivity index (χ2v) is 6.90. The zero-order valence-corrected chi connectivity index (χ0v) is 12.7.